The fourth-order valence-corrected chi connectivity index (χ4v) is 2.37. The van der Waals surface area contributed by atoms with E-state index in [1.165, 1.54) is 0 Å². The maximum atomic E-state index is 12.6. The number of ether oxygens (including phenoxy) is 1. The van der Waals surface area contributed by atoms with E-state index < -0.39 is 17.5 Å². The number of aromatic nitrogens is 1. The zero-order chi connectivity index (χ0) is 17.9. The van der Waals surface area contributed by atoms with Gasteiger partial charge in [0.15, 0.2) is 0 Å². The lowest BCUT2D eigenvalue weighted by molar-refractivity contribution is 0.00678. The van der Waals surface area contributed by atoms with Gasteiger partial charge in [-0.2, -0.15) is 0 Å². The van der Waals surface area contributed by atoms with E-state index in [0.717, 1.165) is 5.56 Å². The van der Waals surface area contributed by atoms with Gasteiger partial charge in [-0.3, -0.25) is 4.79 Å². The van der Waals surface area contributed by atoms with Gasteiger partial charge in [-0.1, -0.05) is 22.0 Å². The second-order valence-electron chi connectivity index (χ2n) is 6.31. The Labute approximate surface area is 149 Å². The predicted octanol–water partition coefficient (Wildman–Crippen LogP) is 4.36. The Morgan fingerprint density at radius 3 is 2.50 bits per heavy atom. The molecule has 0 saturated carbocycles. The Bertz CT molecular complexity index is 782. The van der Waals surface area contributed by atoms with Crippen molar-refractivity contribution in [1.29, 1.82) is 0 Å². The molecule has 0 atom stereocenters. The highest BCUT2D eigenvalue weighted by molar-refractivity contribution is 9.10. The van der Waals surface area contributed by atoms with Crippen LogP contribution in [0.1, 0.15) is 47.1 Å². The summed E-state index contributed by atoms with van der Waals surface area (Å²) < 4.78 is 6.08. The molecule has 1 aromatic carbocycles. The number of hydrogen-bond donors (Lipinski definition) is 1. The van der Waals surface area contributed by atoms with Gasteiger partial charge >= 0.3 is 5.97 Å². The molecule has 0 aliphatic rings. The summed E-state index contributed by atoms with van der Waals surface area (Å²) in [4.78, 5) is 29.2. The lowest BCUT2D eigenvalue weighted by atomic mass is 10.1. The van der Waals surface area contributed by atoms with Crippen molar-refractivity contribution in [3.05, 3.63) is 57.7 Å². The molecule has 126 valence electrons. The second kappa shape index (κ2) is 7.13. The smallest absolute Gasteiger partial charge is 0.339 e. The zero-order valence-corrected chi connectivity index (χ0v) is 15.6. The van der Waals surface area contributed by atoms with Gasteiger partial charge in [0.1, 0.15) is 11.4 Å². The largest absolute Gasteiger partial charge is 0.456 e. The SMILES string of the molecule is Cc1cccnc1NC(=O)c1ccc(Br)cc1C(=O)OC(C)(C)C. The second-order valence-corrected chi connectivity index (χ2v) is 7.23. The molecule has 0 unspecified atom stereocenters. The van der Waals surface area contributed by atoms with Crippen molar-refractivity contribution in [2.75, 3.05) is 5.32 Å². The number of carbonyl (C=O) groups excluding carboxylic acids is 2. The Morgan fingerprint density at radius 1 is 1.17 bits per heavy atom. The first-order chi connectivity index (χ1) is 11.2. The molecule has 0 radical (unpaired) electrons. The number of pyridine rings is 1. The quantitative estimate of drug-likeness (QED) is 0.790. The first-order valence-corrected chi connectivity index (χ1v) is 8.22. The average Bonchev–Trinajstić information content (AvgIpc) is 2.47. The molecule has 0 fully saturated rings. The van der Waals surface area contributed by atoms with E-state index in [4.69, 9.17) is 4.74 Å². The molecule has 0 aliphatic carbocycles. The first-order valence-electron chi connectivity index (χ1n) is 7.43. The average molecular weight is 391 g/mol. The molecule has 2 aromatic rings. The van der Waals surface area contributed by atoms with Crippen LogP contribution < -0.4 is 5.32 Å². The number of aryl methyl sites for hydroxylation is 1. The minimum atomic E-state index is -0.648. The Hall–Kier alpha value is -2.21. The number of nitrogens with one attached hydrogen (secondary N) is 1. The normalized spacial score (nSPS) is 11.0. The molecule has 24 heavy (non-hydrogen) atoms. The number of anilines is 1. The van der Waals surface area contributed by atoms with Gasteiger partial charge in [0, 0.05) is 10.7 Å². The van der Waals surface area contributed by atoms with Crippen molar-refractivity contribution >= 4 is 33.6 Å². The fraction of sp³-hybridized carbons (Fsp3) is 0.278. The highest BCUT2D eigenvalue weighted by atomic mass is 79.9. The van der Waals surface area contributed by atoms with E-state index >= 15 is 0 Å². The van der Waals surface area contributed by atoms with Crippen LogP contribution in [-0.4, -0.2) is 22.5 Å². The third-order valence-electron chi connectivity index (χ3n) is 3.09. The third kappa shape index (κ3) is 4.64. The van der Waals surface area contributed by atoms with Gasteiger partial charge in [0.25, 0.3) is 5.91 Å². The van der Waals surface area contributed by atoms with Crippen molar-refractivity contribution in [1.82, 2.24) is 4.98 Å². The summed E-state index contributed by atoms with van der Waals surface area (Å²) in [7, 11) is 0. The Balaban J connectivity index is 2.34. The van der Waals surface area contributed by atoms with Gasteiger partial charge in [0.2, 0.25) is 0 Å². The minimum absolute atomic E-state index is 0.199. The summed E-state index contributed by atoms with van der Waals surface area (Å²) in [6.45, 7) is 7.18. The predicted molar refractivity (Wildman–Crippen MR) is 96.2 cm³/mol. The maximum absolute atomic E-state index is 12.6. The van der Waals surface area contributed by atoms with E-state index in [1.54, 1.807) is 51.2 Å². The molecule has 2 rings (SSSR count). The summed E-state index contributed by atoms with van der Waals surface area (Å²) in [5.74, 6) is -0.502. The van der Waals surface area contributed by atoms with Crippen LogP contribution in [-0.2, 0) is 4.74 Å². The molecule has 6 heteroatoms. The van der Waals surface area contributed by atoms with Gasteiger partial charge in [-0.05, 0) is 57.5 Å². The van der Waals surface area contributed by atoms with Crippen LogP contribution in [0.2, 0.25) is 0 Å². The third-order valence-corrected chi connectivity index (χ3v) is 3.58. The number of rotatable bonds is 3. The van der Waals surface area contributed by atoms with Crippen molar-refractivity contribution in [2.24, 2.45) is 0 Å². The topological polar surface area (TPSA) is 68.3 Å². The summed E-state index contributed by atoms with van der Waals surface area (Å²) >= 11 is 3.32. The monoisotopic (exact) mass is 390 g/mol. The number of hydrogen-bond acceptors (Lipinski definition) is 4. The van der Waals surface area contributed by atoms with Crippen molar-refractivity contribution < 1.29 is 14.3 Å². The zero-order valence-electron chi connectivity index (χ0n) is 14.0. The van der Waals surface area contributed by atoms with Crippen LogP contribution in [0.25, 0.3) is 0 Å². The minimum Gasteiger partial charge on any atom is -0.456 e. The van der Waals surface area contributed by atoms with Gasteiger partial charge < -0.3 is 10.1 Å². The number of carbonyl (C=O) groups is 2. The maximum Gasteiger partial charge on any atom is 0.339 e. The molecule has 1 heterocycles. The highest BCUT2D eigenvalue weighted by Gasteiger charge is 2.23. The fourth-order valence-electron chi connectivity index (χ4n) is 2.01. The molecule has 1 N–H and O–H groups in total. The highest BCUT2D eigenvalue weighted by Crippen LogP contribution is 2.21. The number of nitrogens with zero attached hydrogens (tertiary/aromatic N) is 1. The summed E-state index contributed by atoms with van der Waals surface area (Å²) in [5.41, 5.74) is 0.620. The van der Waals surface area contributed by atoms with Gasteiger partial charge in [0.05, 0.1) is 11.1 Å². The van der Waals surface area contributed by atoms with Crippen LogP contribution >= 0.6 is 15.9 Å². The van der Waals surface area contributed by atoms with Crippen LogP contribution in [0.4, 0.5) is 5.82 Å². The number of esters is 1. The molecule has 0 spiro atoms. The molecular formula is C18H19BrN2O3. The number of amides is 1. The van der Waals surface area contributed by atoms with E-state index in [2.05, 4.69) is 26.2 Å². The van der Waals surface area contributed by atoms with Crippen molar-refractivity contribution in [3.8, 4) is 0 Å². The van der Waals surface area contributed by atoms with Crippen LogP contribution in [0, 0.1) is 6.92 Å². The Morgan fingerprint density at radius 2 is 1.88 bits per heavy atom. The van der Waals surface area contributed by atoms with Gasteiger partial charge in [-0.15, -0.1) is 0 Å². The van der Waals surface area contributed by atoms with Crippen LogP contribution in [0.15, 0.2) is 41.0 Å². The molecule has 0 saturated heterocycles. The van der Waals surface area contributed by atoms with E-state index in [-0.39, 0.29) is 11.1 Å². The van der Waals surface area contributed by atoms with E-state index in [0.29, 0.717) is 10.3 Å². The van der Waals surface area contributed by atoms with Crippen LogP contribution in [0.3, 0.4) is 0 Å². The molecule has 0 bridgehead atoms. The molecular weight excluding hydrogens is 372 g/mol. The lowest BCUT2D eigenvalue weighted by Gasteiger charge is -2.20. The van der Waals surface area contributed by atoms with Gasteiger partial charge in [-0.25, -0.2) is 9.78 Å². The number of halogens is 1. The van der Waals surface area contributed by atoms with E-state index in [9.17, 15) is 9.59 Å². The molecule has 1 aromatic heterocycles. The molecule has 1 amide bonds. The molecule has 5 nitrogen and oxygen atoms in total. The first kappa shape index (κ1) is 18.1. The summed E-state index contributed by atoms with van der Waals surface area (Å²) in [5, 5.41) is 2.73. The summed E-state index contributed by atoms with van der Waals surface area (Å²) in [6.07, 6.45) is 1.60. The standard InChI is InChI=1S/C18H19BrN2O3/c1-11-6-5-9-20-15(11)21-16(22)13-8-7-12(19)10-14(13)17(23)24-18(2,3)4/h5-10H,1-4H3,(H,20,21,22). The summed E-state index contributed by atoms with van der Waals surface area (Å²) in [6, 6.07) is 8.50. The molecule has 0 aliphatic heterocycles. The van der Waals surface area contributed by atoms with Crippen molar-refractivity contribution in [3.63, 3.8) is 0 Å². The Kier molecular flexibility index (Phi) is 5.39. The lowest BCUT2D eigenvalue weighted by Crippen LogP contribution is -2.26. The number of benzene rings is 1. The van der Waals surface area contributed by atoms with E-state index in [1.807, 2.05) is 13.0 Å². The van der Waals surface area contributed by atoms with Crippen LogP contribution in [0.5, 0.6) is 0 Å². The van der Waals surface area contributed by atoms with Crippen molar-refractivity contribution in [2.45, 2.75) is 33.3 Å².